The van der Waals surface area contributed by atoms with Gasteiger partial charge in [-0.3, -0.25) is 4.79 Å². The van der Waals surface area contributed by atoms with E-state index in [-0.39, 0.29) is 5.91 Å². The first-order valence-electron chi connectivity index (χ1n) is 8.23. The molecule has 0 aliphatic carbocycles. The van der Waals surface area contributed by atoms with Crippen LogP contribution in [0, 0.1) is 0 Å². The minimum absolute atomic E-state index is 0.301. The third-order valence-electron chi connectivity index (χ3n) is 3.51. The normalized spacial score (nSPS) is 11.0. The van der Waals surface area contributed by atoms with Gasteiger partial charge in [-0.25, -0.2) is 10.2 Å². The molecular formula is C21H15BrN2O4. The molecule has 28 heavy (non-hydrogen) atoms. The van der Waals surface area contributed by atoms with Crippen LogP contribution < -0.4 is 10.2 Å². The van der Waals surface area contributed by atoms with Crippen molar-refractivity contribution in [3.05, 3.63) is 94.4 Å². The van der Waals surface area contributed by atoms with Gasteiger partial charge in [0.2, 0.25) is 0 Å². The van der Waals surface area contributed by atoms with E-state index in [0.717, 1.165) is 4.47 Å². The highest BCUT2D eigenvalue weighted by Crippen LogP contribution is 2.22. The zero-order valence-electron chi connectivity index (χ0n) is 14.5. The van der Waals surface area contributed by atoms with Crippen molar-refractivity contribution in [2.75, 3.05) is 0 Å². The molecular weight excluding hydrogens is 424 g/mol. The second-order valence-corrected chi connectivity index (χ2v) is 6.43. The Morgan fingerprint density at radius 2 is 1.89 bits per heavy atom. The maximum atomic E-state index is 12.0. The largest absolute Gasteiger partial charge is 0.465 e. The second kappa shape index (κ2) is 9.48. The monoisotopic (exact) mass is 438 g/mol. The average Bonchev–Trinajstić information content (AvgIpc) is 3.22. The van der Waals surface area contributed by atoms with E-state index < -0.39 is 5.97 Å². The van der Waals surface area contributed by atoms with Gasteiger partial charge in [0.1, 0.15) is 11.5 Å². The van der Waals surface area contributed by atoms with Gasteiger partial charge in [0.25, 0.3) is 5.91 Å². The fourth-order valence-corrected chi connectivity index (χ4v) is 2.59. The fourth-order valence-electron chi connectivity index (χ4n) is 2.21. The van der Waals surface area contributed by atoms with Crippen LogP contribution in [0.5, 0.6) is 5.75 Å². The Hall–Kier alpha value is -3.45. The average molecular weight is 439 g/mol. The summed E-state index contributed by atoms with van der Waals surface area (Å²) in [6.07, 6.45) is 5.69. The fraction of sp³-hybridized carbons (Fsp3) is 0. The zero-order chi connectivity index (χ0) is 19.8. The minimum Gasteiger partial charge on any atom is -0.465 e. The van der Waals surface area contributed by atoms with Crippen LogP contribution in [0.4, 0.5) is 0 Å². The summed E-state index contributed by atoms with van der Waals surface area (Å²) in [5.41, 5.74) is 3.45. The molecule has 6 nitrogen and oxygen atoms in total. The van der Waals surface area contributed by atoms with Gasteiger partial charge in [0, 0.05) is 21.7 Å². The molecule has 0 saturated carbocycles. The summed E-state index contributed by atoms with van der Waals surface area (Å²) in [6, 6.07) is 17.2. The number of hydrogen-bond acceptors (Lipinski definition) is 5. The van der Waals surface area contributed by atoms with Crippen molar-refractivity contribution in [3.63, 3.8) is 0 Å². The predicted molar refractivity (Wildman–Crippen MR) is 109 cm³/mol. The Kier molecular flexibility index (Phi) is 6.54. The topological polar surface area (TPSA) is 80.9 Å². The summed E-state index contributed by atoms with van der Waals surface area (Å²) in [4.78, 5) is 24.1. The van der Waals surface area contributed by atoms with Gasteiger partial charge in [0.15, 0.2) is 0 Å². The van der Waals surface area contributed by atoms with E-state index in [2.05, 4.69) is 26.5 Å². The van der Waals surface area contributed by atoms with E-state index in [1.807, 2.05) is 6.07 Å². The minimum atomic E-state index is -0.568. The van der Waals surface area contributed by atoms with Gasteiger partial charge < -0.3 is 9.15 Å². The molecule has 7 heteroatoms. The van der Waals surface area contributed by atoms with Crippen molar-refractivity contribution in [2.24, 2.45) is 5.10 Å². The number of furan rings is 1. The predicted octanol–water partition coefficient (Wildman–Crippen LogP) is 4.42. The van der Waals surface area contributed by atoms with Gasteiger partial charge in [-0.2, -0.15) is 5.10 Å². The number of hydrazone groups is 1. The Labute approximate surface area is 169 Å². The lowest BCUT2D eigenvalue weighted by atomic mass is 10.2. The maximum absolute atomic E-state index is 12.0. The summed E-state index contributed by atoms with van der Waals surface area (Å²) in [7, 11) is 0. The van der Waals surface area contributed by atoms with E-state index in [9.17, 15) is 9.59 Å². The molecule has 0 radical (unpaired) electrons. The molecule has 3 aromatic rings. The highest BCUT2D eigenvalue weighted by Gasteiger charge is 2.08. The number of nitrogens with zero attached hydrogens (tertiary/aromatic N) is 1. The highest BCUT2D eigenvalue weighted by molar-refractivity contribution is 9.10. The molecule has 3 rings (SSSR count). The van der Waals surface area contributed by atoms with Crippen LogP contribution in [0.2, 0.25) is 0 Å². The number of nitrogens with one attached hydrogen (secondary N) is 1. The molecule has 0 aliphatic rings. The number of halogens is 1. The molecule has 1 N–H and O–H groups in total. The molecule has 0 spiro atoms. The van der Waals surface area contributed by atoms with E-state index in [1.54, 1.807) is 54.6 Å². The number of hydrogen-bond donors (Lipinski definition) is 1. The first kappa shape index (κ1) is 19.3. The smallest absolute Gasteiger partial charge is 0.336 e. The number of benzene rings is 2. The second-order valence-electron chi connectivity index (χ2n) is 5.52. The lowest BCUT2D eigenvalue weighted by Gasteiger charge is -2.06. The highest BCUT2D eigenvalue weighted by atomic mass is 79.9. The van der Waals surface area contributed by atoms with E-state index >= 15 is 0 Å². The Morgan fingerprint density at radius 3 is 2.64 bits per heavy atom. The van der Waals surface area contributed by atoms with Crippen LogP contribution in [-0.2, 0) is 4.79 Å². The summed E-state index contributed by atoms with van der Waals surface area (Å²) >= 11 is 3.36. The van der Waals surface area contributed by atoms with Crippen LogP contribution in [0.1, 0.15) is 21.7 Å². The molecule has 0 atom stereocenters. The van der Waals surface area contributed by atoms with Crippen LogP contribution >= 0.6 is 15.9 Å². The van der Waals surface area contributed by atoms with Gasteiger partial charge in [0.05, 0.1) is 12.5 Å². The Balaban J connectivity index is 1.68. The lowest BCUT2D eigenvalue weighted by molar-refractivity contribution is -0.128. The third-order valence-corrected chi connectivity index (χ3v) is 4.01. The van der Waals surface area contributed by atoms with Crippen LogP contribution in [0.3, 0.4) is 0 Å². The molecule has 140 valence electrons. The number of rotatable bonds is 6. The lowest BCUT2D eigenvalue weighted by Crippen LogP contribution is -2.17. The quantitative estimate of drug-likeness (QED) is 0.203. The van der Waals surface area contributed by atoms with Crippen molar-refractivity contribution in [3.8, 4) is 5.75 Å². The van der Waals surface area contributed by atoms with Crippen molar-refractivity contribution in [1.82, 2.24) is 5.43 Å². The van der Waals surface area contributed by atoms with E-state index in [0.29, 0.717) is 22.6 Å². The standard InChI is InChI=1S/C21H15BrN2O4/c22-17-8-10-19(28-20(25)11-9-18-7-4-12-27-18)16(13-17)14-23-24-21(26)15-5-2-1-3-6-15/h1-14H,(H,24,26)/b11-9+,23-14+. The first-order chi connectivity index (χ1) is 13.6. The molecule has 0 aliphatic heterocycles. The SMILES string of the molecule is O=C(/C=C/c1ccco1)Oc1ccc(Br)cc1/C=N/NC(=O)c1ccccc1. The van der Waals surface area contributed by atoms with Crippen LogP contribution in [0.15, 0.2) is 87.0 Å². The summed E-state index contributed by atoms with van der Waals surface area (Å²) in [5.74, 6) is -0.0679. The molecule has 1 amide bonds. The van der Waals surface area contributed by atoms with Gasteiger partial charge in [-0.1, -0.05) is 34.1 Å². The van der Waals surface area contributed by atoms with E-state index in [4.69, 9.17) is 9.15 Å². The van der Waals surface area contributed by atoms with Crippen molar-refractivity contribution >= 4 is 40.1 Å². The first-order valence-corrected chi connectivity index (χ1v) is 9.02. The molecule has 2 aromatic carbocycles. The number of carbonyl (C=O) groups excluding carboxylic acids is 2. The number of esters is 1. The molecule has 1 heterocycles. The number of amides is 1. The maximum Gasteiger partial charge on any atom is 0.336 e. The summed E-state index contributed by atoms with van der Waals surface area (Å²) in [5, 5.41) is 3.94. The van der Waals surface area contributed by atoms with Crippen molar-refractivity contribution in [2.45, 2.75) is 0 Å². The van der Waals surface area contributed by atoms with Crippen molar-refractivity contribution < 1.29 is 18.7 Å². The van der Waals surface area contributed by atoms with Crippen molar-refractivity contribution in [1.29, 1.82) is 0 Å². The zero-order valence-corrected chi connectivity index (χ0v) is 16.1. The molecule has 0 unspecified atom stereocenters. The molecule has 0 fully saturated rings. The van der Waals surface area contributed by atoms with E-state index in [1.165, 1.54) is 24.6 Å². The number of carbonyl (C=O) groups is 2. The molecule has 0 bridgehead atoms. The summed E-state index contributed by atoms with van der Waals surface area (Å²) < 4.78 is 11.2. The van der Waals surface area contributed by atoms with Gasteiger partial charge in [-0.15, -0.1) is 0 Å². The van der Waals surface area contributed by atoms with Crippen LogP contribution in [-0.4, -0.2) is 18.1 Å². The summed E-state index contributed by atoms with van der Waals surface area (Å²) in [6.45, 7) is 0. The van der Waals surface area contributed by atoms with Crippen LogP contribution in [0.25, 0.3) is 6.08 Å². The number of ether oxygens (including phenoxy) is 1. The van der Waals surface area contributed by atoms with Gasteiger partial charge in [-0.05, 0) is 48.5 Å². The molecule has 1 aromatic heterocycles. The third kappa shape index (κ3) is 5.52. The van der Waals surface area contributed by atoms with Gasteiger partial charge >= 0.3 is 5.97 Å². The Bertz CT molecular complexity index is 1010. The molecule has 0 saturated heterocycles. The Morgan fingerprint density at radius 1 is 1.07 bits per heavy atom.